The molecule has 214 valence electrons. The highest BCUT2D eigenvalue weighted by molar-refractivity contribution is 7.99. The molecule has 1 aliphatic rings. The zero-order valence-corrected chi connectivity index (χ0v) is 24.8. The number of unbranched alkanes of at least 4 members (excludes halogenated alkanes) is 1. The SMILES string of the molecule is CCCCn1c(SCC(=O)N2N=C(c3ccc4ccccc4c3)CC2c2ccccc2)nc2cc(S(N)(=O)=O)ccc21. The number of nitrogens with two attached hydrogens (primary N) is 1. The van der Waals surface area contributed by atoms with Crippen LogP contribution in [0.15, 0.2) is 106 Å². The molecule has 0 saturated heterocycles. The predicted molar refractivity (Wildman–Crippen MR) is 168 cm³/mol. The van der Waals surface area contributed by atoms with Gasteiger partial charge in [0.15, 0.2) is 5.16 Å². The lowest BCUT2D eigenvalue weighted by molar-refractivity contribution is -0.130. The van der Waals surface area contributed by atoms with E-state index in [2.05, 4.69) is 37.3 Å². The number of nitrogens with zero attached hydrogens (tertiary/aromatic N) is 4. The van der Waals surface area contributed by atoms with Crippen molar-refractivity contribution in [3.8, 4) is 0 Å². The van der Waals surface area contributed by atoms with Crippen LogP contribution in [-0.4, -0.2) is 40.3 Å². The molecule has 1 amide bonds. The molecule has 10 heteroatoms. The van der Waals surface area contributed by atoms with Gasteiger partial charge >= 0.3 is 0 Å². The Hall–Kier alpha value is -3.99. The summed E-state index contributed by atoms with van der Waals surface area (Å²) < 4.78 is 25.9. The second kappa shape index (κ2) is 11.7. The molecule has 0 saturated carbocycles. The van der Waals surface area contributed by atoms with Gasteiger partial charge in [0.1, 0.15) is 0 Å². The van der Waals surface area contributed by atoms with Crippen LogP contribution in [0.4, 0.5) is 0 Å². The molecular weight excluding hydrogens is 567 g/mol. The zero-order valence-electron chi connectivity index (χ0n) is 23.2. The van der Waals surface area contributed by atoms with Crippen LogP contribution in [0, 0.1) is 0 Å². The third kappa shape index (κ3) is 5.70. The fourth-order valence-electron chi connectivity index (χ4n) is 5.32. The number of hydrogen-bond acceptors (Lipinski definition) is 6. The van der Waals surface area contributed by atoms with Crippen molar-refractivity contribution < 1.29 is 13.2 Å². The maximum Gasteiger partial charge on any atom is 0.253 e. The van der Waals surface area contributed by atoms with Crippen molar-refractivity contribution in [2.75, 3.05) is 5.75 Å². The number of thioether (sulfide) groups is 1. The van der Waals surface area contributed by atoms with E-state index >= 15 is 0 Å². The molecule has 42 heavy (non-hydrogen) atoms. The van der Waals surface area contributed by atoms with Crippen LogP contribution in [-0.2, 0) is 21.4 Å². The monoisotopic (exact) mass is 597 g/mol. The number of benzene rings is 4. The molecule has 1 aliphatic heterocycles. The van der Waals surface area contributed by atoms with Crippen molar-refractivity contribution in [2.24, 2.45) is 10.2 Å². The van der Waals surface area contributed by atoms with Crippen LogP contribution in [0.25, 0.3) is 21.8 Å². The predicted octanol–water partition coefficient (Wildman–Crippen LogP) is 6.11. The number of primary sulfonamides is 1. The number of amides is 1. The minimum absolute atomic E-state index is 0.0149. The number of sulfonamides is 1. The summed E-state index contributed by atoms with van der Waals surface area (Å²) >= 11 is 1.34. The minimum Gasteiger partial charge on any atom is -0.319 e. The summed E-state index contributed by atoms with van der Waals surface area (Å²) in [6, 6.07) is 29.0. The first-order chi connectivity index (χ1) is 20.3. The van der Waals surface area contributed by atoms with Crippen LogP contribution >= 0.6 is 11.8 Å². The standard InChI is InChI=1S/C32H31N5O3S2/c1-2-3-17-36-29-16-15-26(42(33,39)40)19-28(29)34-32(36)41-21-31(38)37-30(23-10-5-4-6-11-23)20-27(35-37)25-14-13-22-9-7-8-12-24(22)18-25/h4-16,18-19,30H,2-3,17,20-21H2,1H3,(H2,33,39,40). The highest BCUT2D eigenvalue weighted by Gasteiger charge is 2.33. The number of carbonyl (C=O) groups excluding carboxylic acids is 1. The topological polar surface area (TPSA) is 111 Å². The van der Waals surface area contributed by atoms with Gasteiger partial charge in [-0.1, -0.05) is 91.8 Å². The van der Waals surface area contributed by atoms with Gasteiger partial charge in [0.05, 0.1) is 33.4 Å². The summed E-state index contributed by atoms with van der Waals surface area (Å²) in [5.41, 5.74) is 4.25. The summed E-state index contributed by atoms with van der Waals surface area (Å²) in [7, 11) is -3.86. The molecule has 8 nitrogen and oxygen atoms in total. The van der Waals surface area contributed by atoms with E-state index in [1.165, 1.54) is 23.9 Å². The van der Waals surface area contributed by atoms with Crippen LogP contribution in [0.3, 0.4) is 0 Å². The van der Waals surface area contributed by atoms with Crippen molar-refractivity contribution >= 4 is 55.2 Å². The van der Waals surface area contributed by atoms with E-state index in [1.807, 2.05) is 47.0 Å². The van der Waals surface area contributed by atoms with Gasteiger partial charge < -0.3 is 4.57 Å². The number of aryl methyl sites for hydroxylation is 1. The van der Waals surface area contributed by atoms with E-state index in [-0.39, 0.29) is 22.6 Å². The molecule has 6 rings (SSSR count). The van der Waals surface area contributed by atoms with Gasteiger partial charge in [-0.05, 0) is 52.6 Å². The normalized spacial score (nSPS) is 15.4. The highest BCUT2D eigenvalue weighted by Crippen LogP contribution is 2.35. The van der Waals surface area contributed by atoms with Gasteiger partial charge in [-0.25, -0.2) is 23.5 Å². The lowest BCUT2D eigenvalue weighted by Gasteiger charge is -2.22. The lowest BCUT2D eigenvalue weighted by Crippen LogP contribution is -2.28. The van der Waals surface area contributed by atoms with E-state index in [9.17, 15) is 13.2 Å². The summed E-state index contributed by atoms with van der Waals surface area (Å²) in [4.78, 5) is 18.5. The van der Waals surface area contributed by atoms with Gasteiger partial charge in [-0.15, -0.1) is 0 Å². The second-order valence-corrected chi connectivity index (χ2v) is 12.9. The Kier molecular flexibility index (Phi) is 7.85. The molecule has 1 aromatic heterocycles. The average molecular weight is 598 g/mol. The molecule has 0 radical (unpaired) electrons. The number of aromatic nitrogens is 2. The van der Waals surface area contributed by atoms with Gasteiger partial charge in [-0.3, -0.25) is 4.79 Å². The first-order valence-corrected chi connectivity index (χ1v) is 16.4. The van der Waals surface area contributed by atoms with E-state index in [0.717, 1.165) is 46.0 Å². The Bertz CT molecular complexity index is 1920. The Balaban J connectivity index is 1.30. The highest BCUT2D eigenvalue weighted by atomic mass is 32.2. The smallest absolute Gasteiger partial charge is 0.253 e. The summed E-state index contributed by atoms with van der Waals surface area (Å²) in [5.74, 6) is 0.0129. The van der Waals surface area contributed by atoms with Gasteiger partial charge in [0, 0.05) is 13.0 Å². The van der Waals surface area contributed by atoms with Crippen LogP contribution in [0.5, 0.6) is 0 Å². The Morgan fingerprint density at radius 1 is 0.976 bits per heavy atom. The average Bonchev–Trinajstić information content (AvgIpc) is 3.60. The first kappa shape index (κ1) is 28.1. The molecule has 1 atom stereocenters. The molecule has 0 spiro atoms. The lowest BCUT2D eigenvalue weighted by atomic mass is 9.97. The quantitative estimate of drug-likeness (QED) is 0.206. The summed E-state index contributed by atoms with van der Waals surface area (Å²) in [5, 5.41) is 14.8. The fourth-order valence-corrected chi connectivity index (χ4v) is 6.74. The summed E-state index contributed by atoms with van der Waals surface area (Å²) in [6.07, 6.45) is 2.52. The van der Waals surface area contributed by atoms with Gasteiger partial charge in [0.25, 0.3) is 5.91 Å². The number of hydrazone groups is 1. The van der Waals surface area contributed by atoms with E-state index in [0.29, 0.717) is 23.6 Å². The third-order valence-electron chi connectivity index (χ3n) is 7.51. The van der Waals surface area contributed by atoms with Crippen molar-refractivity contribution in [1.82, 2.24) is 14.6 Å². The van der Waals surface area contributed by atoms with E-state index in [1.54, 1.807) is 11.1 Å². The number of carbonyl (C=O) groups is 1. The van der Waals surface area contributed by atoms with Crippen molar-refractivity contribution in [3.63, 3.8) is 0 Å². The first-order valence-electron chi connectivity index (χ1n) is 13.9. The van der Waals surface area contributed by atoms with Gasteiger partial charge in [-0.2, -0.15) is 5.10 Å². The zero-order chi connectivity index (χ0) is 29.3. The molecule has 2 N–H and O–H groups in total. The molecule has 4 aromatic carbocycles. The third-order valence-corrected chi connectivity index (χ3v) is 9.38. The molecule has 0 fully saturated rings. The molecule has 2 heterocycles. The van der Waals surface area contributed by atoms with Crippen LogP contribution in [0.1, 0.15) is 43.4 Å². The number of fused-ring (bicyclic) bond motifs is 2. The molecule has 1 unspecified atom stereocenters. The molecule has 5 aromatic rings. The van der Waals surface area contributed by atoms with Crippen molar-refractivity contribution in [1.29, 1.82) is 0 Å². The summed E-state index contributed by atoms with van der Waals surface area (Å²) in [6.45, 7) is 2.82. The molecule has 0 aliphatic carbocycles. The Morgan fingerprint density at radius 3 is 2.50 bits per heavy atom. The number of hydrogen-bond donors (Lipinski definition) is 1. The second-order valence-electron chi connectivity index (χ2n) is 10.4. The maximum absolute atomic E-state index is 13.8. The number of imidazole rings is 1. The van der Waals surface area contributed by atoms with Crippen molar-refractivity contribution in [2.45, 2.75) is 48.8 Å². The number of rotatable bonds is 9. The van der Waals surface area contributed by atoms with E-state index < -0.39 is 10.0 Å². The fraction of sp³-hybridized carbons (Fsp3) is 0.219. The molecular formula is C32H31N5O3S2. The molecule has 0 bridgehead atoms. The Morgan fingerprint density at radius 2 is 1.74 bits per heavy atom. The largest absolute Gasteiger partial charge is 0.319 e. The van der Waals surface area contributed by atoms with Crippen molar-refractivity contribution in [3.05, 3.63) is 102 Å². The van der Waals surface area contributed by atoms with E-state index in [4.69, 9.17) is 15.2 Å². The Labute approximate surface area is 249 Å². The van der Waals surface area contributed by atoms with Crippen LogP contribution in [0.2, 0.25) is 0 Å². The maximum atomic E-state index is 13.8. The van der Waals surface area contributed by atoms with Crippen LogP contribution < -0.4 is 5.14 Å². The minimum atomic E-state index is -3.86. The van der Waals surface area contributed by atoms with Gasteiger partial charge in [0.2, 0.25) is 10.0 Å².